The molecule has 4 aromatic rings. The highest BCUT2D eigenvalue weighted by molar-refractivity contribution is 6.12. The highest BCUT2D eigenvalue weighted by atomic mass is 19.4. The second kappa shape index (κ2) is 11.4. The summed E-state index contributed by atoms with van der Waals surface area (Å²) in [5, 5.41) is 20.2. The number of amides is 2. The van der Waals surface area contributed by atoms with Gasteiger partial charge in [-0.15, -0.1) is 0 Å². The molecule has 226 valence electrons. The average molecular weight is 605 g/mol. The molecule has 1 aliphatic rings. The molecule has 0 saturated heterocycles. The summed E-state index contributed by atoms with van der Waals surface area (Å²) in [6.45, 7) is 3.46. The number of rotatable bonds is 7. The van der Waals surface area contributed by atoms with E-state index in [0.717, 1.165) is 12.1 Å². The van der Waals surface area contributed by atoms with Crippen molar-refractivity contribution in [1.29, 1.82) is 0 Å². The molecule has 0 radical (unpaired) electrons. The Hall–Kier alpha value is -5.39. The average Bonchev–Trinajstić information content (AvgIpc) is 3.13. The largest absolute Gasteiger partial charge is 0.490 e. The number of ether oxygens (including phenoxy) is 1. The zero-order valence-electron chi connectivity index (χ0n) is 23.8. The summed E-state index contributed by atoms with van der Waals surface area (Å²) in [4.78, 5) is 37.1. The van der Waals surface area contributed by atoms with Crippen molar-refractivity contribution in [2.45, 2.75) is 32.0 Å². The van der Waals surface area contributed by atoms with E-state index in [2.05, 4.69) is 16.0 Å². The van der Waals surface area contributed by atoms with Crippen LogP contribution in [0.4, 0.5) is 35.9 Å². The number of nitro benzene ring substituents is 1. The van der Waals surface area contributed by atoms with Crippen LogP contribution in [-0.4, -0.2) is 23.8 Å². The zero-order chi connectivity index (χ0) is 31.8. The number of hydrogen-bond donors (Lipinski definition) is 3. The lowest BCUT2D eigenvalue weighted by Gasteiger charge is -2.25. The number of hydrogen-bond acceptors (Lipinski definition) is 6. The molecule has 0 aromatic heterocycles. The van der Waals surface area contributed by atoms with Gasteiger partial charge < -0.3 is 20.7 Å². The lowest BCUT2D eigenvalue weighted by Crippen LogP contribution is -2.39. The fraction of sp³-hybridized carbons (Fsp3) is 0.188. The quantitative estimate of drug-likeness (QED) is 0.152. The number of halogens is 3. The van der Waals surface area contributed by atoms with Crippen molar-refractivity contribution >= 4 is 34.6 Å². The minimum atomic E-state index is -4.44. The Morgan fingerprint density at radius 3 is 2.18 bits per heavy atom. The molecule has 4 aromatic carbocycles. The van der Waals surface area contributed by atoms with Crippen LogP contribution in [0.3, 0.4) is 0 Å². The number of fused-ring (bicyclic) bond motifs is 2. The van der Waals surface area contributed by atoms with E-state index < -0.39 is 22.1 Å². The van der Waals surface area contributed by atoms with Crippen LogP contribution in [0.5, 0.6) is 5.75 Å². The highest BCUT2D eigenvalue weighted by Crippen LogP contribution is 2.39. The number of nitrogens with one attached hydrogen (secondary N) is 3. The molecular formula is C32H27F3N4O5. The lowest BCUT2D eigenvalue weighted by atomic mass is 9.83. The fourth-order valence-electron chi connectivity index (χ4n) is 4.86. The third-order valence-electron chi connectivity index (χ3n) is 7.53. The van der Waals surface area contributed by atoms with E-state index in [0.29, 0.717) is 44.9 Å². The third-order valence-corrected chi connectivity index (χ3v) is 7.53. The molecule has 1 aliphatic heterocycles. The Morgan fingerprint density at radius 2 is 1.52 bits per heavy atom. The van der Waals surface area contributed by atoms with Gasteiger partial charge in [-0.3, -0.25) is 19.7 Å². The summed E-state index contributed by atoms with van der Waals surface area (Å²) in [5.74, 6) is -0.616. The number of nitrogens with zero attached hydrogens (tertiary/aromatic N) is 1. The van der Waals surface area contributed by atoms with Gasteiger partial charge in [-0.05, 0) is 84.6 Å². The first-order valence-electron chi connectivity index (χ1n) is 13.4. The SMILES string of the molecule is COc1cc(-c2ccc3c(c2)Nc2ccc(C(C)(C)C(=O)NCc4ccc(C(F)(F)F)cc4)cc2NC3=O)ccc1[N+](=O)[O-]. The van der Waals surface area contributed by atoms with Gasteiger partial charge in [0.15, 0.2) is 5.75 Å². The van der Waals surface area contributed by atoms with Crippen molar-refractivity contribution in [2.24, 2.45) is 0 Å². The van der Waals surface area contributed by atoms with Gasteiger partial charge in [0.1, 0.15) is 0 Å². The minimum Gasteiger partial charge on any atom is -0.490 e. The molecule has 2 amide bonds. The molecular weight excluding hydrogens is 577 g/mol. The number of carbonyl (C=O) groups is 2. The predicted molar refractivity (Wildman–Crippen MR) is 159 cm³/mol. The Labute approximate surface area is 250 Å². The maximum Gasteiger partial charge on any atom is 0.416 e. The lowest BCUT2D eigenvalue weighted by molar-refractivity contribution is -0.385. The van der Waals surface area contributed by atoms with E-state index in [1.54, 1.807) is 62.4 Å². The van der Waals surface area contributed by atoms with Crippen LogP contribution in [0.15, 0.2) is 78.9 Å². The molecule has 0 aliphatic carbocycles. The van der Waals surface area contributed by atoms with Crippen LogP contribution in [0.1, 0.15) is 40.9 Å². The van der Waals surface area contributed by atoms with Crippen molar-refractivity contribution in [3.63, 3.8) is 0 Å². The molecule has 0 saturated carbocycles. The summed E-state index contributed by atoms with van der Waals surface area (Å²) < 4.78 is 43.7. The Kier molecular flexibility index (Phi) is 7.77. The van der Waals surface area contributed by atoms with Gasteiger partial charge in [-0.2, -0.15) is 13.2 Å². The van der Waals surface area contributed by atoms with E-state index in [1.807, 2.05) is 0 Å². The number of alkyl halides is 3. The van der Waals surface area contributed by atoms with Crippen molar-refractivity contribution < 1.29 is 32.4 Å². The molecule has 12 heteroatoms. The van der Waals surface area contributed by atoms with E-state index in [1.165, 1.54) is 25.3 Å². The molecule has 1 heterocycles. The number of nitro groups is 1. The maximum atomic E-state index is 13.2. The third kappa shape index (κ3) is 5.91. The van der Waals surface area contributed by atoms with E-state index >= 15 is 0 Å². The zero-order valence-corrected chi connectivity index (χ0v) is 23.8. The number of benzene rings is 4. The van der Waals surface area contributed by atoms with Crippen molar-refractivity contribution in [3.05, 3.63) is 111 Å². The van der Waals surface area contributed by atoms with Gasteiger partial charge in [0.2, 0.25) is 5.91 Å². The van der Waals surface area contributed by atoms with Crippen LogP contribution in [0.25, 0.3) is 11.1 Å². The second-order valence-electron chi connectivity index (χ2n) is 10.7. The summed E-state index contributed by atoms with van der Waals surface area (Å²) >= 11 is 0. The summed E-state index contributed by atoms with van der Waals surface area (Å²) in [5.41, 5.74) is 2.41. The van der Waals surface area contributed by atoms with Crippen LogP contribution in [0.2, 0.25) is 0 Å². The number of methoxy groups -OCH3 is 1. The minimum absolute atomic E-state index is 0.0436. The molecule has 0 unspecified atom stereocenters. The molecule has 0 atom stereocenters. The monoisotopic (exact) mass is 604 g/mol. The van der Waals surface area contributed by atoms with Crippen LogP contribution in [-0.2, 0) is 22.9 Å². The second-order valence-corrected chi connectivity index (χ2v) is 10.7. The molecule has 0 bridgehead atoms. The van der Waals surface area contributed by atoms with Crippen molar-refractivity contribution in [3.8, 4) is 16.9 Å². The normalized spacial score (nSPS) is 12.6. The van der Waals surface area contributed by atoms with Gasteiger partial charge in [0.05, 0.1) is 45.6 Å². The standard InChI is InChI=1S/C32H27F3N4O5/c1-31(2,30(41)36-17-18-4-8-21(9-5-18)32(33,34)35)22-10-12-24-26(16-22)38-29(40)23-11-6-19(14-25(23)37-24)20-7-13-27(39(42)43)28(15-20)44-3/h4-16,37H,17H2,1-3H3,(H,36,41)(H,38,40). The Bertz CT molecular complexity index is 1790. The first-order valence-corrected chi connectivity index (χ1v) is 13.4. The molecule has 0 spiro atoms. The van der Waals surface area contributed by atoms with Crippen molar-refractivity contribution in [1.82, 2.24) is 5.32 Å². The molecule has 9 nitrogen and oxygen atoms in total. The van der Waals surface area contributed by atoms with Gasteiger partial charge >= 0.3 is 11.9 Å². The van der Waals surface area contributed by atoms with Crippen molar-refractivity contribution in [2.75, 3.05) is 17.7 Å². The Balaban J connectivity index is 1.36. The molecule has 5 rings (SSSR count). The first-order chi connectivity index (χ1) is 20.8. The molecule has 0 fully saturated rings. The summed E-state index contributed by atoms with van der Waals surface area (Å²) in [6.07, 6.45) is -4.44. The number of carbonyl (C=O) groups excluding carboxylic acids is 2. The van der Waals surface area contributed by atoms with E-state index in [-0.39, 0.29) is 29.8 Å². The van der Waals surface area contributed by atoms with Gasteiger partial charge in [0.25, 0.3) is 5.91 Å². The molecule has 3 N–H and O–H groups in total. The van der Waals surface area contributed by atoms with E-state index in [4.69, 9.17) is 4.74 Å². The topological polar surface area (TPSA) is 123 Å². The fourth-order valence-corrected chi connectivity index (χ4v) is 4.86. The Morgan fingerprint density at radius 1 is 0.864 bits per heavy atom. The van der Waals surface area contributed by atoms with E-state index in [9.17, 15) is 32.9 Å². The van der Waals surface area contributed by atoms with Crippen LogP contribution < -0.4 is 20.7 Å². The van der Waals surface area contributed by atoms with Gasteiger partial charge in [-0.1, -0.05) is 24.3 Å². The smallest absolute Gasteiger partial charge is 0.416 e. The predicted octanol–water partition coefficient (Wildman–Crippen LogP) is 7.19. The summed E-state index contributed by atoms with van der Waals surface area (Å²) in [7, 11) is 1.35. The summed E-state index contributed by atoms with van der Waals surface area (Å²) in [6, 6.07) is 19.4. The maximum absolute atomic E-state index is 13.2. The van der Waals surface area contributed by atoms with Gasteiger partial charge in [-0.25, -0.2) is 0 Å². The van der Waals surface area contributed by atoms with Crippen LogP contribution in [0, 0.1) is 10.1 Å². The first kappa shape index (κ1) is 30.1. The molecule has 44 heavy (non-hydrogen) atoms. The highest BCUT2D eigenvalue weighted by Gasteiger charge is 2.32. The number of anilines is 3. The van der Waals surface area contributed by atoms with Gasteiger partial charge in [0, 0.05) is 12.6 Å². The van der Waals surface area contributed by atoms with Crippen LogP contribution >= 0.6 is 0 Å².